The first-order valence-corrected chi connectivity index (χ1v) is 9.32. The van der Waals surface area contributed by atoms with E-state index < -0.39 is 13.1 Å². The minimum absolute atomic E-state index is 0.0945. The zero-order chi connectivity index (χ0) is 17.7. The Bertz CT molecular complexity index is 755. The van der Waals surface area contributed by atoms with Crippen molar-refractivity contribution in [2.24, 2.45) is 16.5 Å². The molecule has 2 saturated carbocycles. The summed E-state index contributed by atoms with van der Waals surface area (Å²) in [7, 11) is -0.909. The molecular formula is C16H20BN3O4S. The van der Waals surface area contributed by atoms with E-state index >= 15 is 0 Å². The Morgan fingerprint density at radius 1 is 1.32 bits per heavy atom. The second-order valence-electron chi connectivity index (χ2n) is 6.94. The third-order valence-corrected chi connectivity index (χ3v) is 6.55. The normalized spacial score (nSPS) is 29.4. The summed E-state index contributed by atoms with van der Waals surface area (Å²) in [6.07, 6.45) is 3.48. The first-order valence-electron chi connectivity index (χ1n) is 8.44. The molecule has 1 heterocycles. The number of thioether (sulfide) groups is 1. The number of aromatic carboxylic acids is 1. The summed E-state index contributed by atoms with van der Waals surface area (Å²) in [5.74, 6) is -0.277. The minimum atomic E-state index is -1.02. The number of aliphatic imine (C=N–C) groups is 1. The maximum Gasteiger partial charge on any atom is 0.526 e. The molecule has 7 nitrogen and oxygen atoms in total. The van der Waals surface area contributed by atoms with E-state index in [1.54, 1.807) is 0 Å². The molecule has 2 fully saturated rings. The third-order valence-electron chi connectivity index (χ3n) is 5.19. The highest BCUT2D eigenvalue weighted by atomic mass is 32.2. The van der Waals surface area contributed by atoms with Gasteiger partial charge in [-0.25, -0.2) is 4.79 Å². The molecular weight excluding hydrogens is 341 g/mol. The fourth-order valence-electron chi connectivity index (χ4n) is 3.93. The van der Waals surface area contributed by atoms with E-state index in [4.69, 9.17) is 16.1 Å². The number of hydrogen-bond acceptors (Lipinski definition) is 5. The molecule has 0 radical (unpaired) electrons. The van der Waals surface area contributed by atoms with Gasteiger partial charge >= 0.3 is 13.1 Å². The number of nitrogens with two attached hydrogens (primary N) is 2. The van der Waals surface area contributed by atoms with Crippen molar-refractivity contribution in [1.82, 2.24) is 0 Å². The number of carboxylic acid groups (broad SMARTS) is 1. The van der Waals surface area contributed by atoms with Crippen LogP contribution in [0.4, 0.5) is 0 Å². The first kappa shape index (κ1) is 16.6. The standard InChI is InChI=1S/C16H20BN3O4S/c18-16(19)20-7-1-2-8(5-7)25-12-4-3-9-10-6-11(10)17(23)24-14(9)13(12)15(21)22/h3-4,7-8,10-11,23H,1-2,5-6H2,(H,21,22)(H4,18,19,20). The molecule has 0 spiro atoms. The number of benzene rings is 1. The van der Waals surface area contributed by atoms with Gasteiger partial charge in [-0.1, -0.05) is 6.07 Å². The molecule has 25 heavy (non-hydrogen) atoms. The van der Waals surface area contributed by atoms with Crippen LogP contribution in [0.2, 0.25) is 5.82 Å². The van der Waals surface area contributed by atoms with Gasteiger partial charge in [-0.15, -0.1) is 11.8 Å². The zero-order valence-electron chi connectivity index (χ0n) is 13.6. The molecule has 6 N–H and O–H groups in total. The topological polar surface area (TPSA) is 131 Å². The van der Waals surface area contributed by atoms with Gasteiger partial charge in [0.15, 0.2) is 5.96 Å². The minimum Gasteiger partial charge on any atom is -0.535 e. The van der Waals surface area contributed by atoms with Crippen molar-refractivity contribution in [3.63, 3.8) is 0 Å². The van der Waals surface area contributed by atoms with Gasteiger partial charge in [0.1, 0.15) is 11.3 Å². The predicted molar refractivity (Wildman–Crippen MR) is 96.2 cm³/mol. The molecule has 9 heteroatoms. The Hall–Kier alpha value is -1.87. The number of rotatable bonds is 4. The Labute approximate surface area is 150 Å². The third kappa shape index (κ3) is 3.06. The van der Waals surface area contributed by atoms with Crippen LogP contribution in [0.3, 0.4) is 0 Å². The summed E-state index contributed by atoms with van der Waals surface area (Å²) in [4.78, 5) is 16.8. The molecule has 4 unspecified atom stereocenters. The smallest absolute Gasteiger partial charge is 0.526 e. The lowest BCUT2D eigenvalue weighted by Gasteiger charge is -2.23. The molecule has 0 aromatic heterocycles. The summed E-state index contributed by atoms with van der Waals surface area (Å²) in [6.45, 7) is 0. The van der Waals surface area contributed by atoms with Crippen molar-refractivity contribution in [3.8, 4) is 5.75 Å². The second kappa shape index (κ2) is 6.14. The van der Waals surface area contributed by atoms with E-state index in [1.807, 2.05) is 12.1 Å². The molecule has 0 amide bonds. The van der Waals surface area contributed by atoms with E-state index in [0.717, 1.165) is 31.2 Å². The van der Waals surface area contributed by atoms with Crippen molar-refractivity contribution in [3.05, 3.63) is 23.3 Å². The van der Waals surface area contributed by atoms with Gasteiger partial charge in [0.25, 0.3) is 0 Å². The number of hydrogen-bond donors (Lipinski definition) is 4. The molecule has 0 saturated heterocycles. The van der Waals surface area contributed by atoms with Gasteiger partial charge in [0.05, 0.1) is 6.04 Å². The zero-order valence-corrected chi connectivity index (χ0v) is 14.4. The number of nitrogens with zero attached hydrogens (tertiary/aromatic N) is 1. The van der Waals surface area contributed by atoms with Gasteiger partial charge in [-0.3, -0.25) is 4.99 Å². The van der Waals surface area contributed by atoms with Crippen molar-refractivity contribution in [2.45, 2.75) is 53.6 Å². The molecule has 4 atom stereocenters. The summed E-state index contributed by atoms with van der Waals surface area (Å²) in [5, 5.41) is 20.0. The second-order valence-corrected chi connectivity index (χ2v) is 8.28. The van der Waals surface area contributed by atoms with E-state index in [-0.39, 0.29) is 34.5 Å². The Kier molecular flexibility index (Phi) is 4.07. The lowest BCUT2D eigenvalue weighted by Crippen LogP contribution is -2.27. The maximum atomic E-state index is 11.9. The van der Waals surface area contributed by atoms with Crippen LogP contribution < -0.4 is 16.1 Å². The predicted octanol–water partition coefficient (Wildman–Crippen LogP) is 1.40. The summed E-state index contributed by atoms with van der Waals surface area (Å²) >= 11 is 1.53. The van der Waals surface area contributed by atoms with Crippen molar-refractivity contribution < 1.29 is 19.6 Å². The molecule has 1 aromatic rings. The number of fused-ring (bicyclic) bond motifs is 3. The molecule has 2 aliphatic carbocycles. The Balaban J connectivity index is 1.59. The fraction of sp³-hybridized carbons (Fsp3) is 0.500. The van der Waals surface area contributed by atoms with Crippen LogP contribution in [0.15, 0.2) is 22.0 Å². The first-order chi connectivity index (χ1) is 11.9. The van der Waals surface area contributed by atoms with E-state index in [1.165, 1.54) is 11.8 Å². The fourth-order valence-corrected chi connectivity index (χ4v) is 5.30. The van der Waals surface area contributed by atoms with Crippen LogP contribution in [-0.4, -0.2) is 40.5 Å². The monoisotopic (exact) mass is 361 g/mol. The van der Waals surface area contributed by atoms with Crippen LogP contribution in [0.1, 0.15) is 47.5 Å². The molecule has 1 aliphatic heterocycles. The highest BCUT2D eigenvalue weighted by molar-refractivity contribution is 8.00. The van der Waals surface area contributed by atoms with Crippen LogP contribution in [-0.2, 0) is 0 Å². The van der Waals surface area contributed by atoms with E-state index in [9.17, 15) is 14.9 Å². The quantitative estimate of drug-likeness (QED) is 0.362. The van der Waals surface area contributed by atoms with Crippen molar-refractivity contribution in [1.29, 1.82) is 0 Å². The summed E-state index contributed by atoms with van der Waals surface area (Å²) in [5.41, 5.74) is 12.0. The maximum absolute atomic E-state index is 11.9. The number of carbonyl (C=O) groups is 1. The van der Waals surface area contributed by atoms with Gasteiger partial charge in [0, 0.05) is 16.0 Å². The van der Waals surface area contributed by atoms with Gasteiger partial charge in [0.2, 0.25) is 0 Å². The van der Waals surface area contributed by atoms with Crippen molar-refractivity contribution in [2.75, 3.05) is 0 Å². The average molecular weight is 361 g/mol. The van der Waals surface area contributed by atoms with E-state index in [0.29, 0.717) is 10.6 Å². The van der Waals surface area contributed by atoms with Crippen LogP contribution in [0.25, 0.3) is 0 Å². The number of carboxylic acids is 1. The average Bonchev–Trinajstić information content (AvgIpc) is 3.23. The number of guanidine groups is 1. The van der Waals surface area contributed by atoms with Crippen LogP contribution in [0, 0.1) is 0 Å². The van der Waals surface area contributed by atoms with Crippen LogP contribution in [0.5, 0.6) is 5.75 Å². The molecule has 3 aliphatic rings. The largest absolute Gasteiger partial charge is 0.535 e. The molecule has 4 rings (SSSR count). The lowest BCUT2D eigenvalue weighted by molar-refractivity contribution is 0.0690. The van der Waals surface area contributed by atoms with Gasteiger partial charge in [-0.2, -0.15) is 0 Å². The highest BCUT2D eigenvalue weighted by Crippen LogP contribution is 2.60. The molecule has 132 valence electrons. The van der Waals surface area contributed by atoms with Gasteiger partial charge < -0.3 is 26.3 Å². The Morgan fingerprint density at radius 2 is 2.12 bits per heavy atom. The summed E-state index contributed by atoms with van der Waals surface area (Å²) < 4.78 is 5.56. The highest BCUT2D eigenvalue weighted by Gasteiger charge is 2.54. The Morgan fingerprint density at radius 3 is 2.84 bits per heavy atom. The SMILES string of the molecule is NC(N)=NC1CCC(Sc2ccc3c(c2C(=O)O)OB(O)C2CC32)C1. The lowest BCUT2D eigenvalue weighted by atomic mass is 9.77. The van der Waals surface area contributed by atoms with E-state index in [2.05, 4.69) is 4.99 Å². The van der Waals surface area contributed by atoms with Crippen molar-refractivity contribution >= 4 is 30.8 Å². The van der Waals surface area contributed by atoms with Crippen LogP contribution >= 0.6 is 11.8 Å². The summed E-state index contributed by atoms with van der Waals surface area (Å²) in [6, 6.07) is 3.92. The molecule has 1 aromatic carbocycles. The molecule has 0 bridgehead atoms. The van der Waals surface area contributed by atoms with Gasteiger partial charge in [-0.05, 0) is 43.2 Å².